The fourth-order valence-corrected chi connectivity index (χ4v) is 5.58. The average Bonchev–Trinajstić information content (AvgIpc) is 3.37. The van der Waals surface area contributed by atoms with Crippen LogP contribution in [-0.4, -0.2) is 45.5 Å². The van der Waals surface area contributed by atoms with Gasteiger partial charge < -0.3 is 15.9 Å². The molecule has 0 saturated heterocycles. The lowest BCUT2D eigenvalue weighted by atomic mass is 10.0. The van der Waals surface area contributed by atoms with Gasteiger partial charge in [-0.1, -0.05) is 54.1 Å². The summed E-state index contributed by atoms with van der Waals surface area (Å²) in [5, 5.41) is 25.5. The number of hydrogen-bond acceptors (Lipinski definition) is 8. The molecule has 0 saturated carbocycles. The van der Waals surface area contributed by atoms with E-state index in [9.17, 15) is 14.7 Å². The van der Waals surface area contributed by atoms with Crippen LogP contribution in [0.4, 0.5) is 5.82 Å². The summed E-state index contributed by atoms with van der Waals surface area (Å²) in [5.41, 5.74) is 9.68. The number of phenolic OH excluding ortho intramolecular Hbond substituents is 1. The van der Waals surface area contributed by atoms with Crippen LogP contribution in [0.3, 0.4) is 0 Å². The number of carbonyl (C=O) groups is 1. The van der Waals surface area contributed by atoms with Crippen molar-refractivity contribution in [3.05, 3.63) is 105 Å². The summed E-state index contributed by atoms with van der Waals surface area (Å²) < 4.78 is 3.22. The summed E-state index contributed by atoms with van der Waals surface area (Å²) in [6.07, 6.45) is 3.09. The molecule has 3 heterocycles. The number of nitrogen functional groups attached to an aromatic ring is 1. The first kappa shape index (κ1) is 28.8. The molecule has 3 aromatic carbocycles. The van der Waals surface area contributed by atoms with Crippen molar-refractivity contribution in [1.82, 2.24) is 29.3 Å². The highest BCUT2D eigenvalue weighted by Gasteiger charge is 2.21. The largest absolute Gasteiger partial charge is 0.508 e. The van der Waals surface area contributed by atoms with Crippen LogP contribution in [0.2, 0.25) is 5.02 Å². The van der Waals surface area contributed by atoms with E-state index in [-0.39, 0.29) is 36.6 Å². The zero-order valence-electron chi connectivity index (χ0n) is 23.5. The Morgan fingerprint density at radius 3 is 2.52 bits per heavy atom. The van der Waals surface area contributed by atoms with Gasteiger partial charge in [0.1, 0.15) is 36.0 Å². The molecule has 0 aliphatic heterocycles. The minimum absolute atomic E-state index is 0.0698. The van der Waals surface area contributed by atoms with E-state index >= 15 is 0 Å². The van der Waals surface area contributed by atoms with Crippen molar-refractivity contribution in [2.45, 2.75) is 38.8 Å². The van der Waals surface area contributed by atoms with Crippen molar-refractivity contribution in [2.24, 2.45) is 0 Å². The quantitative estimate of drug-likeness (QED) is 0.181. The Balaban J connectivity index is 1.50. The molecule has 0 spiro atoms. The van der Waals surface area contributed by atoms with Crippen LogP contribution in [-0.2, 0) is 24.3 Å². The molecular formula is C32H28ClN7O4. The number of aryl methyl sites for hydroxylation is 1. The standard InChI is InChI=1S/C32H28ClN7O4/c33-23-12-3-1-8-21(23)16-39-25(37-24-13-6-9-19(27(24)32(39)44)7-2-4-14-26(42)43)17-40-31-28(30(34)35-18-36-31)29(38-40)20-10-5-11-22(41)15-20/h1,3,5-6,8-13,15,18,41H,2,4,7,14,16-17H2,(H,42,43)(H2,34,35,36). The highest BCUT2D eigenvalue weighted by Crippen LogP contribution is 2.32. The van der Waals surface area contributed by atoms with Crippen molar-refractivity contribution < 1.29 is 15.0 Å². The number of aromatic nitrogens is 6. The highest BCUT2D eigenvalue weighted by atomic mass is 35.5. The van der Waals surface area contributed by atoms with Crippen molar-refractivity contribution >= 4 is 45.3 Å². The second-order valence-electron chi connectivity index (χ2n) is 10.4. The third kappa shape index (κ3) is 5.69. The molecule has 0 aliphatic carbocycles. The Morgan fingerprint density at radius 2 is 1.73 bits per heavy atom. The van der Waals surface area contributed by atoms with Crippen molar-refractivity contribution in [2.75, 3.05) is 5.73 Å². The average molecular weight is 610 g/mol. The molecule has 222 valence electrons. The van der Waals surface area contributed by atoms with Gasteiger partial charge in [-0.3, -0.25) is 14.2 Å². The lowest BCUT2D eigenvalue weighted by Crippen LogP contribution is -2.28. The van der Waals surface area contributed by atoms with E-state index in [0.717, 1.165) is 11.1 Å². The van der Waals surface area contributed by atoms with E-state index in [2.05, 4.69) is 9.97 Å². The maximum Gasteiger partial charge on any atom is 0.303 e. The molecule has 0 atom stereocenters. The predicted octanol–water partition coefficient (Wildman–Crippen LogP) is 5.04. The molecule has 3 aromatic heterocycles. The number of aliphatic carboxylic acids is 1. The summed E-state index contributed by atoms with van der Waals surface area (Å²) in [6.45, 7) is 0.240. The Bertz CT molecular complexity index is 2090. The maximum atomic E-state index is 14.3. The summed E-state index contributed by atoms with van der Waals surface area (Å²) in [7, 11) is 0. The first-order valence-electron chi connectivity index (χ1n) is 14.0. The van der Waals surface area contributed by atoms with Crippen molar-refractivity contribution in [3.8, 4) is 17.0 Å². The van der Waals surface area contributed by atoms with Crippen LogP contribution in [0.5, 0.6) is 5.75 Å². The smallest absolute Gasteiger partial charge is 0.303 e. The van der Waals surface area contributed by atoms with Crippen LogP contribution in [0.25, 0.3) is 33.2 Å². The minimum Gasteiger partial charge on any atom is -0.508 e. The van der Waals surface area contributed by atoms with E-state index in [4.69, 9.17) is 32.5 Å². The topological polar surface area (TPSA) is 162 Å². The molecule has 0 aliphatic rings. The van der Waals surface area contributed by atoms with Crippen LogP contribution in [0.15, 0.2) is 77.9 Å². The van der Waals surface area contributed by atoms with Crippen LogP contribution < -0.4 is 11.3 Å². The van der Waals surface area contributed by atoms with Gasteiger partial charge in [0.25, 0.3) is 5.56 Å². The summed E-state index contributed by atoms with van der Waals surface area (Å²) in [6, 6.07) is 19.5. The molecule has 11 nitrogen and oxygen atoms in total. The molecule has 0 bridgehead atoms. The van der Waals surface area contributed by atoms with E-state index in [1.807, 2.05) is 30.3 Å². The second kappa shape index (κ2) is 12.1. The molecule has 0 unspecified atom stereocenters. The predicted molar refractivity (Wildman–Crippen MR) is 168 cm³/mol. The van der Waals surface area contributed by atoms with Crippen LogP contribution in [0, 0.1) is 0 Å². The van der Waals surface area contributed by atoms with E-state index in [1.54, 1.807) is 45.6 Å². The minimum atomic E-state index is -0.846. The number of carboxylic acid groups (broad SMARTS) is 1. The molecule has 0 fully saturated rings. The number of aromatic hydroxyl groups is 1. The van der Waals surface area contributed by atoms with Crippen LogP contribution in [0.1, 0.15) is 36.2 Å². The molecule has 4 N–H and O–H groups in total. The van der Waals surface area contributed by atoms with Gasteiger partial charge in [0.2, 0.25) is 0 Å². The number of nitrogens with two attached hydrogens (primary N) is 1. The number of hydrogen-bond donors (Lipinski definition) is 3. The first-order valence-corrected chi connectivity index (χ1v) is 14.4. The number of halogens is 1. The molecular weight excluding hydrogens is 582 g/mol. The lowest BCUT2D eigenvalue weighted by Gasteiger charge is -2.16. The van der Waals surface area contributed by atoms with Gasteiger partial charge in [-0.2, -0.15) is 5.10 Å². The summed E-state index contributed by atoms with van der Waals surface area (Å²) in [5.74, 6) is -0.118. The SMILES string of the molecule is Nc1ncnc2c1c(-c1cccc(O)c1)nn2Cc1nc2cccc(CCCCC(=O)O)c2c(=O)n1Cc1ccccc1Cl. The van der Waals surface area contributed by atoms with Gasteiger partial charge in [0, 0.05) is 17.0 Å². The molecule has 12 heteroatoms. The summed E-state index contributed by atoms with van der Waals surface area (Å²) >= 11 is 6.53. The number of rotatable bonds is 10. The monoisotopic (exact) mass is 609 g/mol. The van der Waals surface area contributed by atoms with Crippen molar-refractivity contribution in [3.63, 3.8) is 0 Å². The van der Waals surface area contributed by atoms with Crippen LogP contribution >= 0.6 is 11.6 Å². The van der Waals surface area contributed by atoms with Gasteiger partial charge in [-0.25, -0.2) is 19.6 Å². The number of nitrogens with zero attached hydrogens (tertiary/aromatic N) is 6. The molecule has 0 radical (unpaired) electrons. The normalized spacial score (nSPS) is 11.4. The number of fused-ring (bicyclic) bond motifs is 2. The van der Waals surface area contributed by atoms with Gasteiger partial charge >= 0.3 is 5.97 Å². The van der Waals surface area contributed by atoms with E-state index in [1.165, 1.54) is 6.33 Å². The highest BCUT2D eigenvalue weighted by molar-refractivity contribution is 6.31. The Labute approximate surface area is 256 Å². The zero-order valence-corrected chi connectivity index (χ0v) is 24.3. The van der Waals surface area contributed by atoms with Gasteiger partial charge in [-0.05, 0) is 54.7 Å². The Hall–Kier alpha value is -5.29. The summed E-state index contributed by atoms with van der Waals surface area (Å²) in [4.78, 5) is 38.8. The second-order valence-corrected chi connectivity index (χ2v) is 10.8. The molecule has 0 amide bonds. The fraction of sp³-hybridized carbons (Fsp3) is 0.188. The third-order valence-corrected chi connectivity index (χ3v) is 7.86. The first-order chi connectivity index (χ1) is 21.3. The van der Waals surface area contributed by atoms with Gasteiger partial charge in [0.05, 0.1) is 22.8 Å². The lowest BCUT2D eigenvalue weighted by molar-refractivity contribution is -0.137. The number of carboxylic acids is 1. The van der Waals surface area contributed by atoms with E-state index in [0.29, 0.717) is 63.3 Å². The fourth-order valence-electron chi connectivity index (χ4n) is 5.39. The Kier molecular flexibility index (Phi) is 7.95. The number of anilines is 1. The van der Waals surface area contributed by atoms with Gasteiger partial charge in [0.15, 0.2) is 5.65 Å². The number of unbranched alkanes of at least 4 members (excludes halogenated alkanes) is 1. The van der Waals surface area contributed by atoms with E-state index < -0.39 is 5.97 Å². The van der Waals surface area contributed by atoms with Gasteiger partial charge in [-0.15, -0.1) is 0 Å². The molecule has 6 aromatic rings. The molecule has 44 heavy (non-hydrogen) atoms. The Morgan fingerprint density at radius 1 is 0.932 bits per heavy atom. The third-order valence-electron chi connectivity index (χ3n) is 7.49. The van der Waals surface area contributed by atoms with Crippen molar-refractivity contribution in [1.29, 1.82) is 0 Å². The maximum absolute atomic E-state index is 14.3. The number of phenols is 1. The zero-order chi connectivity index (χ0) is 30.8. The number of benzene rings is 3. The molecule has 6 rings (SSSR count).